The number of hydrogen-bond donors (Lipinski definition) is 2. The maximum atomic E-state index is 13.8. The highest BCUT2D eigenvalue weighted by Crippen LogP contribution is 2.32. The maximum absolute atomic E-state index is 13.8. The number of fused-ring (bicyclic) bond motifs is 1. The zero-order valence-electron chi connectivity index (χ0n) is 26.4. The predicted octanol–water partition coefficient (Wildman–Crippen LogP) is 6.84. The minimum atomic E-state index is -1.09. The summed E-state index contributed by atoms with van der Waals surface area (Å²) >= 11 is 18.8. The number of hydrogen-bond acceptors (Lipinski definition) is 7. The number of ether oxygens (including phenoxy) is 4. The van der Waals surface area contributed by atoms with Gasteiger partial charge >= 0.3 is 5.97 Å². The molecule has 9 nitrogen and oxygen atoms in total. The van der Waals surface area contributed by atoms with E-state index in [4.69, 9.17) is 53.8 Å². The summed E-state index contributed by atoms with van der Waals surface area (Å²) in [4.78, 5) is 40.1. The van der Waals surface area contributed by atoms with E-state index in [1.165, 1.54) is 0 Å². The quantitative estimate of drug-likeness (QED) is 0.163. The number of carbonyl (C=O) groups excluding carboxylic acids is 3. The number of benzene rings is 4. The highest BCUT2D eigenvalue weighted by molar-refractivity contribution is 6.40. The third kappa shape index (κ3) is 8.27. The Balaban J connectivity index is 1.14. The van der Waals surface area contributed by atoms with Crippen molar-refractivity contribution in [1.29, 1.82) is 0 Å². The second-order valence-electron chi connectivity index (χ2n) is 11.8. The molecule has 0 aromatic heterocycles. The molecule has 5 atom stereocenters. The molecule has 4 aromatic rings. The highest BCUT2D eigenvalue weighted by atomic mass is 35.5. The van der Waals surface area contributed by atoms with Gasteiger partial charge in [0.25, 0.3) is 11.8 Å². The van der Waals surface area contributed by atoms with Crippen LogP contribution in [0.25, 0.3) is 0 Å². The smallest absolute Gasteiger partial charge is 0.329 e. The van der Waals surface area contributed by atoms with Gasteiger partial charge in [-0.1, -0.05) is 95.5 Å². The zero-order valence-corrected chi connectivity index (χ0v) is 28.6. The number of halogens is 3. The lowest BCUT2D eigenvalue weighted by atomic mass is 10.0. The van der Waals surface area contributed by atoms with Crippen LogP contribution in [0, 0.1) is 6.92 Å². The predicted molar refractivity (Wildman–Crippen MR) is 186 cm³/mol. The summed E-state index contributed by atoms with van der Waals surface area (Å²) in [5.74, 6) is -1.64. The van der Waals surface area contributed by atoms with Crippen LogP contribution in [0.1, 0.15) is 37.4 Å². The molecule has 0 radical (unpaired) electrons. The molecule has 2 N–H and O–H groups in total. The number of nitrogens with one attached hydrogen (secondary N) is 2. The van der Waals surface area contributed by atoms with E-state index in [9.17, 15) is 14.4 Å². The topological polar surface area (TPSA) is 112 Å². The van der Waals surface area contributed by atoms with Gasteiger partial charge in [0.05, 0.1) is 46.0 Å². The molecule has 2 saturated heterocycles. The molecule has 4 aromatic carbocycles. The van der Waals surface area contributed by atoms with Crippen LogP contribution in [0.3, 0.4) is 0 Å². The molecule has 0 bridgehead atoms. The molecule has 12 heteroatoms. The van der Waals surface area contributed by atoms with Crippen LogP contribution in [0.4, 0.5) is 5.69 Å². The Hall–Kier alpha value is -3.96. The van der Waals surface area contributed by atoms with Crippen molar-refractivity contribution in [2.75, 3.05) is 18.5 Å². The summed E-state index contributed by atoms with van der Waals surface area (Å²) < 4.78 is 24.0. The van der Waals surface area contributed by atoms with Gasteiger partial charge in [-0.2, -0.15) is 0 Å². The first kappa shape index (κ1) is 34.9. The van der Waals surface area contributed by atoms with E-state index in [2.05, 4.69) is 10.6 Å². The van der Waals surface area contributed by atoms with Gasteiger partial charge in [0.2, 0.25) is 0 Å². The Morgan fingerprint density at radius 2 is 1.35 bits per heavy atom. The Morgan fingerprint density at radius 1 is 0.735 bits per heavy atom. The minimum absolute atomic E-state index is 0.0873. The van der Waals surface area contributed by atoms with Crippen molar-refractivity contribution in [2.24, 2.45) is 0 Å². The largest absolute Gasteiger partial charge is 0.455 e. The molecule has 2 aliphatic rings. The molecular formula is C37H33Cl3N2O7. The number of anilines is 1. The van der Waals surface area contributed by atoms with Gasteiger partial charge in [0.15, 0.2) is 6.10 Å². The molecule has 0 spiro atoms. The summed E-state index contributed by atoms with van der Waals surface area (Å²) in [6.45, 7) is 2.59. The monoisotopic (exact) mass is 722 g/mol. The fraction of sp³-hybridized carbons (Fsp3) is 0.270. The highest BCUT2D eigenvalue weighted by Gasteiger charge is 2.50. The number of rotatable bonds is 11. The van der Waals surface area contributed by atoms with Crippen LogP contribution in [-0.4, -0.2) is 61.5 Å². The second-order valence-corrected chi connectivity index (χ2v) is 13.0. The lowest BCUT2D eigenvalue weighted by Crippen LogP contribution is -2.46. The fourth-order valence-electron chi connectivity index (χ4n) is 5.89. The second kappa shape index (κ2) is 15.7. The average Bonchev–Trinajstić information content (AvgIpc) is 3.67. The van der Waals surface area contributed by atoms with Crippen molar-refractivity contribution < 1.29 is 33.3 Å². The minimum Gasteiger partial charge on any atom is -0.455 e. The van der Waals surface area contributed by atoms with E-state index < -0.39 is 42.1 Å². The van der Waals surface area contributed by atoms with E-state index >= 15 is 0 Å². The summed E-state index contributed by atoms with van der Waals surface area (Å²) in [7, 11) is 0. The van der Waals surface area contributed by atoms with Crippen molar-refractivity contribution in [3.05, 3.63) is 134 Å². The molecule has 2 aliphatic heterocycles. The first-order chi connectivity index (χ1) is 23.7. The van der Waals surface area contributed by atoms with Gasteiger partial charge in [-0.3, -0.25) is 9.59 Å². The SMILES string of the molecule is Cc1cccc(Cl)c1C(=O)NC(Cc1ccc(NC(=O)c2c(Cl)cccc2Cl)cc1)C(=O)O[C@H]1CO[C@H]2[C@@H]1OC[C@@H]2OCc1ccccc1. The van der Waals surface area contributed by atoms with Gasteiger partial charge < -0.3 is 29.6 Å². The number of aryl methyl sites for hydroxylation is 1. The summed E-state index contributed by atoms with van der Waals surface area (Å²) in [6.07, 6.45) is -1.84. The third-order valence-corrected chi connectivity index (χ3v) is 9.36. The molecule has 6 rings (SSSR count). The van der Waals surface area contributed by atoms with Crippen LogP contribution in [0.5, 0.6) is 0 Å². The Labute approximate surface area is 298 Å². The van der Waals surface area contributed by atoms with Crippen molar-refractivity contribution in [1.82, 2.24) is 5.32 Å². The fourth-order valence-corrected chi connectivity index (χ4v) is 6.77. The first-order valence-corrected chi connectivity index (χ1v) is 16.8. The van der Waals surface area contributed by atoms with Crippen LogP contribution in [0.2, 0.25) is 15.1 Å². The summed E-state index contributed by atoms with van der Waals surface area (Å²) in [6, 6.07) is 25.5. The molecule has 49 heavy (non-hydrogen) atoms. The number of carbonyl (C=O) groups is 3. The summed E-state index contributed by atoms with van der Waals surface area (Å²) in [5, 5.41) is 6.31. The Kier molecular flexibility index (Phi) is 11.2. The van der Waals surface area contributed by atoms with E-state index in [0.29, 0.717) is 30.0 Å². The average molecular weight is 724 g/mol. The van der Waals surface area contributed by atoms with Crippen molar-refractivity contribution >= 4 is 58.3 Å². The van der Waals surface area contributed by atoms with Crippen LogP contribution >= 0.6 is 34.8 Å². The van der Waals surface area contributed by atoms with Gasteiger partial charge in [0, 0.05) is 12.1 Å². The molecule has 2 amide bonds. The molecule has 0 aliphatic carbocycles. The molecule has 2 heterocycles. The van der Waals surface area contributed by atoms with Crippen molar-refractivity contribution in [3.8, 4) is 0 Å². The van der Waals surface area contributed by atoms with Gasteiger partial charge in [-0.05, 0) is 53.9 Å². The lowest BCUT2D eigenvalue weighted by molar-refractivity contribution is -0.156. The zero-order chi connectivity index (χ0) is 34.5. The van der Waals surface area contributed by atoms with E-state index in [-0.39, 0.29) is 45.3 Å². The van der Waals surface area contributed by atoms with E-state index in [0.717, 1.165) is 5.56 Å². The van der Waals surface area contributed by atoms with Crippen molar-refractivity contribution in [2.45, 2.75) is 50.4 Å². The number of amides is 2. The van der Waals surface area contributed by atoms with Crippen LogP contribution in [0.15, 0.2) is 91.0 Å². The molecule has 2 fully saturated rings. The lowest BCUT2D eigenvalue weighted by Gasteiger charge is -2.23. The molecule has 1 unspecified atom stereocenters. The number of esters is 1. The molecule has 254 valence electrons. The van der Waals surface area contributed by atoms with Crippen molar-refractivity contribution in [3.63, 3.8) is 0 Å². The Bertz CT molecular complexity index is 1780. The summed E-state index contributed by atoms with van der Waals surface area (Å²) in [5.41, 5.74) is 3.28. The standard InChI is InChI=1S/C37H33Cl3N2O7/c1-21-7-5-10-25(38)31(21)35(43)42-28(17-22-13-15-24(16-14-22)41-36(44)32-26(39)11-6-12-27(32)40)37(45)49-30-20-48-33-29(19-47-34(30)33)46-18-23-8-3-2-4-9-23/h2-16,28-30,33-34H,17-20H2,1H3,(H,41,44)(H,42,43)/t28?,29-,30-,33+,34+/m0/s1. The van der Waals surface area contributed by atoms with Gasteiger partial charge in [-0.15, -0.1) is 0 Å². The van der Waals surface area contributed by atoms with Gasteiger partial charge in [-0.25, -0.2) is 4.79 Å². The van der Waals surface area contributed by atoms with Crippen LogP contribution in [-0.2, 0) is 36.8 Å². The molecule has 0 saturated carbocycles. The van der Waals surface area contributed by atoms with E-state index in [1.807, 2.05) is 30.3 Å². The Morgan fingerprint density at radius 3 is 2.02 bits per heavy atom. The third-order valence-electron chi connectivity index (χ3n) is 8.42. The molecular weight excluding hydrogens is 691 g/mol. The normalized spacial score (nSPS) is 20.3. The van der Waals surface area contributed by atoms with Gasteiger partial charge in [0.1, 0.15) is 24.4 Å². The van der Waals surface area contributed by atoms with E-state index in [1.54, 1.807) is 67.6 Å². The van der Waals surface area contributed by atoms with Crippen LogP contribution < -0.4 is 10.6 Å². The first-order valence-electron chi connectivity index (χ1n) is 15.7. The maximum Gasteiger partial charge on any atom is 0.329 e.